The summed E-state index contributed by atoms with van der Waals surface area (Å²) in [5.41, 5.74) is 3.03. The number of pyridine rings is 1. The zero-order valence-corrected chi connectivity index (χ0v) is 9.93. The van der Waals surface area contributed by atoms with E-state index in [0.29, 0.717) is 11.6 Å². The van der Waals surface area contributed by atoms with Crippen molar-refractivity contribution in [2.75, 3.05) is 0 Å². The molecule has 0 amide bonds. The van der Waals surface area contributed by atoms with Gasteiger partial charge in [-0.05, 0) is 25.3 Å². The molecule has 0 aliphatic carbocycles. The van der Waals surface area contributed by atoms with Crippen LogP contribution < -0.4 is 0 Å². The van der Waals surface area contributed by atoms with Crippen LogP contribution in [-0.4, -0.2) is 4.98 Å². The summed E-state index contributed by atoms with van der Waals surface area (Å²) < 4.78 is 0. The summed E-state index contributed by atoms with van der Waals surface area (Å²) in [5, 5.41) is 9.09. The van der Waals surface area contributed by atoms with Gasteiger partial charge in [0.05, 0.1) is 12.5 Å². The number of halogens is 1. The number of nitriles is 1. The van der Waals surface area contributed by atoms with Gasteiger partial charge in [0.25, 0.3) is 0 Å². The summed E-state index contributed by atoms with van der Waals surface area (Å²) in [6.45, 7) is 4.18. The molecule has 0 fully saturated rings. The normalized spacial score (nSPS) is 10.0. The lowest BCUT2D eigenvalue weighted by molar-refractivity contribution is 0.770. The molecule has 1 heterocycles. The summed E-state index contributed by atoms with van der Waals surface area (Å²) in [5.74, 6) is 0. The molecular weight excluding hydrogens is 208 g/mol. The van der Waals surface area contributed by atoms with Crippen molar-refractivity contribution in [3.63, 3.8) is 0 Å². The number of nitrogens with zero attached hydrogens (tertiary/aromatic N) is 2. The van der Waals surface area contributed by atoms with Gasteiger partial charge in [-0.1, -0.05) is 31.0 Å². The molecule has 15 heavy (non-hydrogen) atoms. The Morgan fingerprint density at radius 1 is 1.53 bits per heavy atom. The van der Waals surface area contributed by atoms with E-state index in [2.05, 4.69) is 18.0 Å². The van der Waals surface area contributed by atoms with Gasteiger partial charge in [-0.3, -0.25) is 0 Å². The van der Waals surface area contributed by atoms with E-state index in [4.69, 9.17) is 16.9 Å². The Morgan fingerprint density at radius 2 is 2.27 bits per heavy atom. The SMILES string of the molecule is CCCCc1nc(Cl)c(CC#N)cc1C. The molecule has 1 aromatic rings. The molecule has 0 spiro atoms. The van der Waals surface area contributed by atoms with Crippen LogP contribution >= 0.6 is 11.6 Å². The highest BCUT2D eigenvalue weighted by molar-refractivity contribution is 6.30. The van der Waals surface area contributed by atoms with Gasteiger partial charge in [0.2, 0.25) is 0 Å². The minimum atomic E-state index is 0.334. The minimum absolute atomic E-state index is 0.334. The van der Waals surface area contributed by atoms with E-state index in [9.17, 15) is 0 Å². The Morgan fingerprint density at radius 3 is 2.87 bits per heavy atom. The van der Waals surface area contributed by atoms with E-state index in [1.165, 1.54) is 0 Å². The summed E-state index contributed by atoms with van der Waals surface area (Å²) in [6.07, 6.45) is 3.58. The zero-order valence-electron chi connectivity index (χ0n) is 9.18. The fourth-order valence-corrected chi connectivity index (χ4v) is 1.71. The van der Waals surface area contributed by atoms with Gasteiger partial charge in [0.15, 0.2) is 0 Å². The predicted octanol–water partition coefficient (Wildman–Crippen LogP) is 3.45. The minimum Gasteiger partial charge on any atom is -0.241 e. The van der Waals surface area contributed by atoms with Crippen LogP contribution in [0.5, 0.6) is 0 Å². The Hall–Kier alpha value is -1.07. The Kier molecular flexibility index (Phi) is 4.58. The van der Waals surface area contributed by atoms with Crippen molar-refractivity contribution >= 4 is 11.6 Å². The first kappa shape index (κ1) is 12.0. The highest BCUT2D eigenvalue weighted by Gasteiger charge is 2.06. The number of aromatic nitrogens is 1. The number of aryl methyl sites for hydroxylation is 2. The zero-order chi connectivity index (χ0) is 11.3. The standard InChI is InChI=1S/C12H15ClN2/c1-3-4-5-11-9(2)8-10(6-7-14)12(13)15-11/h8H,3-6H2,1-2H3. The van der Waals surface area contributed by atoms with Crippen LogP contribution in [0.2, 0.25) is 5.15 Å². The van der Waals surface area contributed by atoms with Crippen molar-refractivity contribution in [3.8, 4) is 6.07 Å². The average molecular weight is 223 g/mol. The van der Waals surface area contributed by atoms with Crippen LogP contribution in [0.3, 0.4) is 0 Å². The molecule has 2 nitrogen and oxygen atoms in total. The molecule has 0 N–H and O–H groups in total. The first-order valence-electron chi connectivity index (χ1n) is 5.20. The highest BCUT2D eigenvalue weighted by atomic mass is 35.5. The number of hydrogen-bond acceptors (Lipinski definition) is 2. The molecule has 0 atom stereocenters. The first-order valence-corrected chi connectivity index (χ1v) is 5.58. The average Bonchev–Trinajstić information content (AvgIpc) is 2.21. The first-order chi connectivity index (χ1) is 7.19. The van der Waals surface area contributed by atoms with E-state index in [0.717, 1.165) is 36.1 Å². The molecule has 0 saturated carbocycles. The lowest BCUT2D eigenvalue weighted by Gasteiger charge is -2.07. The predicted molar refractivity (Wildman–Crippen MR) is 61.9 cm³/mol. The third kappa shape index (κ3) is 3.21. The molecule has 0 aliphatic heterocycles. The molecular formula is C12H15ClN2. The van der Waals surface area contributed by atoms with Crippen molar-refractivity contribution in [1.82, 2.24) is 4.98 Å². The van der Waals surface area contributed by atoms with Crippen LogP contribution in [0.4, 0.5) is 0 Å². The maximum absolute atomic E-state index is 8.61. The molecule has 80 valence electrons. The molecule has 1 rings (SSSR count). The smallest absolute Gasteiger partial charge is 0.133 e. The van der Waals surface area contributed by atoms with Crippen LogP contribution in [0.25, 0.3) is 0 Å². The van der Waals surface area contributed by atoms with Crippen LogP contribution in [0, 0.1) is 18.3 Å². The summed E-state index contributed by atoms with van der Waals surface area (Å²) in [4.78, 5) is 4.34. The molecule has 0 bridgehead atoms. The summed E-state index contributed by atoms with van der Waals surface area (Å²) in [7, 11) is 0. The Balaban J connectivity index is 2.93. The van der Waals surface area contributed by atoms with E-state index in [-0.39, 0.29) is 0 Å². The van der Waals surface area contributed by atoms with Gasteiger partial charge in [-0.25, -0.2) is 4.98 Å². The van der Waals surface area contributed by atoms with Crippen molar-refractivity contribution in [2.24, 2.45) is 0 Å². The molecule has 0 aromatic carbocycles. The van der Waals surface area contributed by atoms with Crippen molar-refractivity contribution < 1.29 is 0 Å². The maximum Gasteiger partial charge on any atom is 0.133 e. The van der Waals surface area contributed by atoms with Gasteiger partial charge in [0, 0.05) is 11.3 Å². The van der Waals surface area contributed by atoms with Gasteiger partial charge in [-0.2, -0.15) is 5.26 Å². The van der Waals surface area contributed by atoms with Crippen molar-refractivity contribution in [3.05, 3.63) is 28.0 Å². The van der Waals surface area contributed by atoms with E-state index in [1.54, 1.807) is 0 Å². The molecule has 0 saturated heterocycles. The fraction of sp³-hybridized carbons (Fsp3) is 0.500. The Bertz CT molecular complexity index is 380. The number of rotatable bonds is 4. The lowest BCUT2D eigenvalue weighted by atomic mass is 10.1. The second-order valence-electron chi connectivity index (χ2n) is 3.64. The highest BCUT2D eigenvalue weighted by Crippen LogP contribution is 2.19. The third-order valence-corrected chi connectivity index (χ3v) is 2.71. The summed E-state index contributed by atoms with van der Waals surface area (Å²) >= 11 is 6.00. The number of hydrogen-bond donors (Lipinski definition) is 0. The fourth-order valence-electron chi connectivity index (χ4n) is 1.49. The topological polar surface area (TPSA) is 36.7 Å². The molecule has 0 radical (unpaired) electrons. The number of unbranched alkanes of at least 4 members (excludes halogenated alkanes) is 1. The quantitative estimate of drug-likeness (QED) is 0.732. The monoisotopic (exact) mass is 222 g/mol. The van der Waals surface area contributed by atoms with Crippen molar-refractivity contribution in [2.45, 2.75) is 39.5 Å². The molecule has 1 aromatic heterocycles. The lowest BCUT2D eigenvalue weighted by Crippen LogP contribution is -1.98. The second kappa shape index (κ2) is 5.72. The van der Waals surface area contributed by atoms with Crippen LogP contribution in [0.15, 0.2) is 6.07 Å². The van der Waals surface area contributed by atoms with Gasteiger partial charge < -0.3 is 0 Å². The van der Waals surface area contributed by atoms with E-state index < -0.39 is 0 Å². The largest absolute Gasteiger partial charge is 0.241 e. The van der Waals surface area contributed by atoms with Gasteiger partial charge in [0.1, 0.15) is 5.15 Å². The van der Waals surface area contributed by atoms with E-state index >= 15 is 0 Å². The van der Waals surface area contributed by atoms with Gasteiger partial charge in [-0.15, -0.1) is 0 Å². The van der Waals surface area contributed by atoms with Crippen molar-refractivity contribution in [1.29, 1.82) is 5.26 Å². The van der Waals surface area contributed by atoms with Gasteiger partial charge >= 0.3 is 0 Å². The third-order valence-electron chi connectivity index (χ3n) is 2.38. The molecule has 0 unspecified atom stereocenters. The second-order valence-corrected chi connectivity index (χ2v) is 4.00. The maximum atomic E-state index is 8.61. The summed E-state index contributed by atoms with van der Waals surface area (Å²) in [6, 6.07) is 4.07. The van der Waals surface area contributed by atoms with E-state index in [1.807, 2.05) is 13.0 Å². The molecule has 3 heteroatoms. The Labute approximate surface area is 95.9 Å². The molecule has 0 aliphatic rings. The van der Waals surface area contributed by atoms with Crippen LogP contribution in [-0.2, 0) is 12.8 Å². The van der Waals surface area contributed by atoms with Crippen LogP contribution in [0.1, 0.15) is 36.6 Å².